The van der Waals surface area contributed by atoms with Crippen LogP contribution in [0.5, 0.6) is 0 Å². The quantitative estimate of drug-likeness (QED) is 0.615. The van der Waals surface area contributed by atoms with E-state index in [1.807, 2.05) is 18.2 Å². The molecule has 4 aromatic rings. The van der Waals surface area contributed by atoms with E-state index in [-0.39, 0.29) is 24.1 Å². The van der Waals surface area contributed by atoms with Crippen molar-refractivity contribution >= 4 is 16.9 Å². The fraction of sp³-hybridized carbons (Fsp3) is 0.125. The van der Waals surface area contributed by atoms with E-state index in [1.54, 1.807) is 25.1 Å². The van der Waals surface area contributed by atoms with E-state index < -0.39 is 0 Å². The monoisotopic (exact) mass is 324 g/mol. The number of carbonyl (C=O) groups excluding carboxylic acids is 1. The summed E-state index contributed by atoms with van der Waals surface area (Å²) in [7, 11) is 0. The van der Waals surface area contributed by atoms with Crippen LogP contribution >= 0.6 is 0 Å². The van der Waals surface area contributed by atoms with Gasteiger partial charge in [-0.3, -0.25) is 4.79 Å². The largest absolute Gasteiger partial charge is 0.451 e. The highest BCUT2D eigenvalue weighted by Crippen LogP contribution is 2.19. The Kier molecular flexibility index (Phi) is 3.34. The van der Waals surface area contributed by atoms with Crippen LogP contribution in [0.3, 0.4) is 0 Å². The van der Waals surface area contributed by atoms with E-state index in [0.717, 1.165) is 5.39 Å². The van der Waals surface area contributed by atoms with Crippen molar-refractivity contribution in [1.82, 2.24) is 20.6 Å². The number of aromatic nitrogens is 3. The number of para-hydroxylation sites is 1. The third kappa shape index (κ3) is 2.65. The lowest BCUT2D eigenvalue weighted by Crippen LogP contribution is -2.22. The molecule has 0 fully saturated rings. The second-order valence-corrected chi connectivity index (χ2v) is 5.17. The number of amides is 1. The van der Waals surface area contributed by atoms with Crippen molar-refractivity contribution in [3.05, 3.63) is 53.8 Å². The first-order valence-electron chi connectivity index (χ1n) is 7.22. The molecule has 0 bridgehead atoms. The van der Waals surface area contributed by atoms with Crippen LogP contribution in [0.4, 0.5) is 0 Å². The van der Waals surface area contributed by atoms with Gasteiger partial charge in [0.2, 0.25) is 11.7 Å². The van der Waals surface area contributed by atoms with Crippen LogP contribution in [0.15, 0.2) is 49.9 Å². The summed E-state index contributed by atoms with van der Waals surface area (Å²) in [6, 6.07) is 10.8. The molecule has 0 unspecified atom stereocenters. The molecule has 1 N–H and O–H groups in total. The van der Waals surface area contributed by atoms with Gasteiger partial charge in [-0.25, -0.2) is 0 Å². The Hall–Kier alpha value is -3.42. The Bertz CT molecular complexity index is 981. The predicted octanol–water partition coefficient (Wildman–Crippen LogP) is 2.71. The van der Waals surface area contributed by atoms with Gasteiger partial charge in [-0.05, 0) is 19.1 Å². The first kappa shape index (κ1) is 14.2. The van der Waals surface area contributed by atoms with E-state index in [1.165, 1.54) is 0 Å². The first-order valence-corrected chi connectivity index (χ1v) is 7.22. The van der Waals surface area contributed by atoms with Crippen molar-refractivity contribution in [1.29, 1.82) is 0 Å². The molecule has 0 atom stereocenters. The summed E-state index contributed by atoms with van der Waals surface area (Å²) in [6.45, 7) is 1.85. The molecule has 0 aliphatic heterocycles. The highest BCUT2D eigenvalue weighted by molar-refractivity contribution is 5.95. The zero-order valence-corrected chi connectivity index (χ0v) is 12.6. The molecule has 120 valence electrons. The molecule has 8 heteroatoms. The molecular formula is C16H12N4O4. The Balaban J connectivity index is 1.44. The average molecular weight is 324 g/mol. The van der Waals surface area contributed by atoms with Crippen LogP contribution in [0.2, 0.25) is 0 Å². The predicted molar refractivity (Wildman–Crippen MR) is 81.9 cm³/mol. The Morgan fingerprint density at radius 3 is 2.83 bits per heavy atom. The molecule has 8 nitrogen and oxygen atoms in total. The van der Waals surface area contributed by atoms with E-state index in [2.05, 4.69) is 20.6 Å². The number of fused-ring (bicyclic) bond motifs is 1. The lowest BCUT2D eigenvalue weighted by molar-refractivity contribution is 0.0920. The third-order valence-corrected chi connectivity index (χ3v) is 3.37. The van der Waals surface area contributed by atoms with Crippen LogP contribution in [0.25, 0.3) is 22.5 Å². The zero-order chi connectivity index (χ0) is 16.5. The lowest BCUT2D eigenvalue weighted by atomic mass is 10.2. The molecule has 3 aromatic heterocycles. The van der Waals surface area contributed by atoms with Gasteiger partial charge >= 0.3 is 0 Å². The minimum Gasteiger partial charge on any atom is -0.451 e. The van der Waals surface area contributed by atoms with Gasteiger partial charge in [-0.1, -0.05) is 28.5 Å². The number of nitrogens with one attached hydrogen (secondary N) is 1. The summed E-state index contributed by atoms with van der Waals surface area (Å²) in [4.78, 5) is 16.3. The molecule has 0 saturated heterocycles. The molecule has 0 saturated carbocycles. The minimum absolute atomic E-state index is 0.0830. The van der Waals surface area contributed by atoms with E-state index >= 15 is 0 Å². The van der Waals surface area contributed by atoms with Crippen LogP contribution in [0, 0.1) is 6.92 Å². The number of nitrogens with zero attached hydrogens (tertiary/aromatic N) is 3. The topological polar surface area (TPSA) is 107 Å². The maximum atomic E-state index is 12.1. The van der Waals surface area contributed by atoms with E-state index in [9.17, 15) is 4.79 Å². The smallest absolute Gasteiger partial charge is 0.287 e. The van der Waals surface area contributed by atoms with Gasteiger partial charge in [0, 0.05) is 11.5 Å². The molecule has 0 radical (unpaired) electrons. The summed E-state index contributed by atoms with van der Waals surface area (Å²) < 4.78 is 15.5. The van der Waals surface area contributed by atoms with Crippen molar-refractivity contribution < 1.29 is 18.3 Å². The van der Waals surface area contributed by atoms with Gasteiger partial charge in [0.15, 0.2) is 11.5 Å². The number of carbonyl (C=O) groups is 1. The lowest BCUT2D eigenvalue weighted by Gasteiger charge is -1.97. The second-order valence-electron chi connectivity index (χ2n) is 5.17. The number of rotatable bonds is 4. The van der Waals surface area contributed by atoms with E-state index in [0.29, 0.717) is 22.9 Å². The zero-order valence-electron chi connectivity index (χ0n) is 12.6. The Labute approximate surface area is 135 Å². The summed E-state index contributed by atoms with van der Waals surface area (Å²) in [5.41, 5.74) is 1.13. The van der Waals surface area contributed by atoms with Gasteiger partial charge in [0.1, 0.15) is 11.3 Å². The molecule has 3 heterocycles. The fourth-order valence-electron chi connectivity index (χ4n) is 2.24. The molecule has 0 spiro atoms. The third-order valence-electron chi connectivity index (χ3n) is 3.37. The average Bonchev–Trinajstić information content (AvgIpc) is 3.31. The van der Waals surface area contributed by atoms with Crippen molar-refractivity contribution in [2.24, 2.45) is 0 Å². The van der Waals surface area contributed by atoms with Crippen LogP contribution in [-0.4, -0.2) is 21.2 Å². The standard InChI is InChI=1S/C16H12N4O4/c1-9-6-11(19-23-9)15-18-14(24-20-15)8-17-16(21)13-7-10-4-2-3-5-12(10)22-13/h2-7H,8H2,1H3,(H,17,21). The van der Waals surface area contributed by atoms with Crippen molar-refractivity contribution in [3.63, 3.8) is 0 Å². The summed E-state index contributed by atoms with van der Waals surface area (Å²) in [5, 5.41) is 11.1. The van der Waals surface area contributed by atoms with Crippen molar-refractivity contribution in [2.45, 2.75) is 13.5 Å². The van der Waals surface area contributed by atoms with Crippen molar-refractivity contribution in [2.75, 3.05) is 0 Å². The molecule has 4 rings (SSSR count). The number of aryl methyl sites for hydroxylation is 1. The summed E-state index contributed by atoms with van der Waals surface area (Å²) in [5.74, 6) is 1.08. The fourth-order valence-corrected chi connectivity index (χ4v) is 2.24. The molecule has 0 aliphatic carbocycles. The van der Waals surface area contributed by atoms with Gasteiger partial charge in [-0.15, -0.1) is 0 Å². The van der Waals surface area contributed by atoms with Gasteiger partial charge in [0.05, 0.1) is 6.54 Å². The van der Waals surface area contributed by atoms with Gasteiger partial charge in [-0.2, -0.15) is 4.98 Å². The maximum Gasteiger partial charge on any atom is 0.287 e. The molecule has 1 amide bonds. The molecular weight excluding hydrogens is 312 g/mol. The number of hydrogen-bond acceptors (Lipinski definition) is 7. The Morgan fingerprint density at radius 2 is 2.04 bits per heavy atom. The number of benzene rings is 1. The highest BCUT2D eigenvalue weighted by atomic mass is 16.5. The molecule has 24 heavy (non-hydrogen) atoms. The maximum absolute atomic E-state index is 12.1. The van der Waals surface area contributed by atoms with Crippen LogP contribution in [-0.2, 0) is 6.54 Å². The van der Waals surface area contributed by atoms with Crippen LogP contribution < -0.4 is 5.32 Å². The normalized spacial score (nSPS) is 11.0. The summed E-state index contributed by atoms with van der Waals surface area (Å²) in [6.07, 6.45) is 0. The SMILES string of the molecule is Cc1cc(-c2noc(CNC(=O)c3cc4ccccc4o3)n2)no1. The van der Waals surface area contributed by atoms with Crippen molar-refractivity contribution in [3.8, 4) is 11.5 Å². The molecule has 0 aliphatic rings. The van der Waals surface area contributed by atoms with Gasteiger partial charge < -0.3 is 18.8 Å². The Morgan fingerprint density at radius 1 is 1.17 bits per heavy atom. The van der Waals surface area contributed by atoms with Gasteiger partial charge in [0.25, 0.3) is 5.91 Å². The minimum atomic E-state index is -0.358. The number of hydrogen-bond donors (Lipinski definition) is 1. The van der Waals surface area contributed by atoms with E-state index in [4.69, 9.17) is 13.5 Å². The number of furan rings is 1. The highest BCUT2D eigenvalue weighted by Gasteiger charge is 2.15. The first-order chi connectivity index (χ1) is 11.7. The second kappa shape index (κ2) is 5.65. The summed E-state index contributed by atoms with van der Waals surface area (Å²) >= 11 is 0. The molecule has 1 aromatic carbocycles. The van der Waals surface area contributed by atoms with Crippen LogP contribution in [0.1, 0.15) is 22.2 Å².